The molecular formula is C22H26N2O. The van der Waals surface area contributed by atoms with Crippen LogP contribution in [0.1, 0.15) is 30.0 Å². The molecule has 25 heavy (non-hydrogen) atoms. The summed E-state index contributed by atoms with van der Waals surface area (Å²) in [6.45, 7) is 7.77. The average molecular weight is 334 g/mol. The maximum atomic E-state index is 12.7. The van der Waals surface area contributed by atoms with Gasteiger partial charge in [-0.3, -0.25) is 9.69 Å². The Morgan fingerprint density at radius 1 is 1.12 bits per heavy atom. The molecule has 1 heterocycles. The molecule has 0 fully saturated rings. The highest BCUT2D eigenvalue weighted by Crippen LogP contribution is 2.23. The van der Waals surface area contributed by atoms with Crippen LogP contribution in [-0.4, -0.2) is 29.9 Å². The minimum Gasteiger partial charge on any atom is -0.324 e. The molecule has 3 heteroatoms. The van der Waals surface area contributed by atoms with Crippen molar-refractivity contribution in [3.05, 3.63) is 71.3 Å². The minimum atomic E-state index is -0.145. The number of nitrogens with zero attached hydrogens (tertiary/aromatic N) is 1. The normalized spacial score (nSPS) is 16.2. The third-order valence-electron chi connectivity index (χ3n) is 4.96. The zero-order valence-electron chi connectivity index (χ0n) is 15.3. The van der Waals surface area contributed by atoms with Gasteiger partial charge in [0.25, 0.3) is 0 Å². The second-order valence-corrected chi connectivity index (χ2v) is 6.82. The Hall–Kier alpha value is -2.39. The van der Waals surface area contributed by atoms with E-state index in [4.69, 9.17) is 0 Å². The number of benzene rings is 2. The summed E-state index contributed by atoms with van der Waals surface area (Å²) in [5.74, 6) is 0.0604. The van der Waals surface area contributed by atoms with Crippen LogP contribution in [0.2, 0.25) is 0 Å². The van der Waals surface area contributed by atoms with Crippen LogP contribution in [0, 0.1) is 13.8 Å². The van der Waals surface area contributed by atoms with E-state index in [1.165, 1.54) is 11.1 Å². The summed E-state index contributed by atoms with van der Waals surface area (Å²) >= 11 is 0. The van der Waals surface area contributed by atoms with Crippen molar-refractivity contribution in [3.8, 4) is 0 Å². The van der Waals surface area contributed by atoms with Gasteiger partial charge >= 0.3 is 0 Å². The van der Waals surface area contributed by atoms with Gasteiger partial charge in [-0.25, -0.2) is 0 Å². The number of nitrogens with one attached hydrogen (secondary N) is 1. The zero-order chi connectivity index (χ0) is 17.8. The molecule has 0 unspecified atom stereocenters. The molecule has 0 spiro atoms. The fourth-order valence-corrected chi connectivity index (χ4v) is 3.22. The molecule has 2 aromatic rings. The molecule has 0 radical (unpaired) electrons. The van der Waals surface area contributed by atoms with Gasteiger partial charge in [0.05, 0.1) is 6.04 Å². The van der Waals surface area contributed by atoms with E-state index in [2.05, 4.69) is 46.6 Å². The van der Waals surface area contributed by atoms with Gasteiger partial charge in [-0.05, 0) is 55.5 Å². The summed E-state index contributed by atoms with van der Waals surface area (Å²) in [5.41, 5.74) is 5.82. The lowest BCUT2D eigenvalue weighted by atomic mass is 9.99. The van der Waals surface area contributed by atoms with Gasteiger partial charge in [-0.2, -0.15) is 0 Å². The summed E-state index contributed by atoms with van der Waals surface area (Å²) in [6, 6.07) is 16.5. The Balaban J connectivity index is 1.64. The van der Waals surface area contributed by atoms with E-state index < -0.39 is 0 Å². The summed E-state index contributed by atoms with van der Waals surface area (Å²) in [6.07, 6.45) is 3.23. The van der Waals surface area contributed by atoms with Crippen LogP contribution >= 0.6 is 0 Å². The van der Waals surface area contributed by atoms with Crippen LogP contribution in [0.3, 0.4) is 0 Å². The first kappa shape index (κ1) is 17.4. The minimum absolute atomic E-state index is 0.0604. The highest BCUT2D eigenvalue weighted by molar-refractivity contribution is 5.95. The number of carbonyl (C=O) groups is 1. The summed E-state index contributed by atoms with van der Waals surface area (Å²) in [4.78, 5) is 14.9. The Kier molecular flexibility index (Phi) is 5.34. The smallest absolute Gasteiger partial charge is 0.241 e. The third-order valence-corrected chi connectivity index (χ3v) is 4.96. The lowest BCUT2D eigenvalue weighted by Gasteiger charge is -2.31. The maximum Gasteiger partial charge on any atom is 0.241 e. The van der Waals surface area contributed by atoms with E-state index >= 15 is 0 Å². The molecule has 3 rings (SSSR count). The van der Waals surface area contributed by atoms with Crippen LogP contribution in [0.15, 0.2) is 54.6 Å². The van der Waals surface area contributed by atoms with Crippen molar-refractivity contribution < 1.29 is 4.79 Å². The second kappa shape index (κ2) is 7.66. The number of rotatable bonds is 4. The van der Waals surface area contributed by atoms with E-state index in [1.54, 1.807) is 0 Å². The zero-order valence-corrected chi connectivity index (χ0v) is 15.3. The van der Waals surface area contributed by atoms with Gasteiger partial charge in [0.15, 0.2) is 0 Å². The monoisotopic (exact) mass is 334 g/mol. The molecule has 1 amide bonds. The number of hydrogen-bond donors (Lipinski definition) is 1. The average Bonchev–Trinajstić information content (AvgIpc) is 2.65. The van der Waals surface area contributed by atoms with Crippen LogP contribution in [0.25, 0.3) is 5.57 Å². The largest absolute Gasteiger partial charge is 0.324 e. The lowest BCUT2D eigenvalue weighted by Crippen LogP contribution is -2.44. The topological polar surface area (TPSA) is 32.3 Å². The van der Waals surface area contributed by atoms with Crippen molar-refractivity contribution in [3.63, 3.8) is 0 Å². The lowest BCUT2D eigenvalue weighted by molar-refractivity contribution is -0.120. The summed E-state index contributed by atoms with van der Waals surface area (Å²) in [5, 5.41) is 3.09. The van der Waals surface area contributed by atoms with Gasteiger partial charge in [0.1, 0.15) is 0 Å². The highest BCUT2D eigenvalue weighted by Gasteiger charge is 2.23. The quantitative estimate of drug-likeness (QED) is 0.897. The van der Waals surface area contributed by atoms with Crippen molar-refractivity contribution in [2.75, 3.05) is 18.4 Å². The Bertz CT molecular complexity index is 780. The van der Waals surface area contributed by atoms with E-state index in [9.17, 15) is 4.79 Å². The van der Waals surface area contributed by atoms with E-state index in [0.29, 0.717) is 0 Å². The molecule has 1 atom stereocenters. The standard InChI is InChI=1S/C22H26N2O/c1-16-9-10-17(2)21(15-16)23-22(25)18(3)24-13-11-20(12-14-24)19-7-5-4-6-8-19/h4-11,15,18H,12-14H2,1-3H3,(H,23,25)/t18-/m1/s1. The van der Waals surface area contributed by atoms with Gasteiger partial charge in [-0.1, -0.05) is 48.5 Å². The van der Waals surface area contributed by atoms with Crippen LogP contribution in [-0.2, 0) is 4.79 Å². The molecule has 130 valence electrons. The highest BCUT2D eigenvalue weighted by atomic mass is 16.2. The predicted molar refractivity (Wildman–Crippen MR) is 105 cm³/mol. The first-order valence-electron chi connectivity index (χ1n) is 8.91. The van der Waals surface area contributed by atoms with Crippen molar-refractivity contribution >= 4 is 17.2 Å². The number of anilines is 1. The molecule has 0 aromatic heterocycles. The van der Waals surface area contributed by atoms with Crippen molar-refractivity contribution in [2.45, 2.75) is 33.2 Å². The van der Waals surface area contributed by atoms with Gasteiger partial charge in [0.2, 0.25) is 5.91 Å². The SMILES string of the molecule is Cc1ccc(C)c(NC(=O)[C@@H](C)N2CC=C(c3ccccc3)CC2)c1. The first-order valence-corrected chi connectivity index (χ1v) is 8.91. The fraction of sp³-hybridized carbons (Fsp3) is 0.318. The number of amides is 1. The molecule has 1 N–H and O–H groups in total. The van der Waals surface area contributed by atoms with Gasteiger partial charge in [0, 0.05) is 18.8 Å². The van der Waals surface area contributed by atoms with Crippen LogP contribution < -0.4 is 5.32 Å². The number of aryl methyl sites for hydroxylation is 2. The van der Waals surface area contributed by atoms with E-state index in [0.717, 1.165) is 36.3 Å². The fourth-order valence-electron chi connectivity index (χ4n) is 3.22. The van der Waals surface area contributed by atoms with Crippen molar-refractivity contribution in [2.24, 2.45) is 0 Å². The van der Waals surface area contributed by atoms with Crippen molar-refractivity contribution in [1.29, 1.82) is 0 Å². The predicted octanol–water partition coefficient (Wildman–Crippen LogP) is 4.42. The molecule has 2 aromatic carbocycles. The van der Waals surface area contributed by atoms with Crippen LogP contribution in [0.5, 0.6) is 0 Å². The van der Waals surface area contributed by atoms with E-state index in [-0.39, 0.29) is 11.9 Å². The molecule has 0 saturated carbocycles. The Morgan fingerprint density at radius 2 is 1.88 bits per heavy atom. The number of hydrogen-bond acceptors (Lipinski definition) is 2. The molecule has 1 aliphatic rings. The summed E-state index contributed by atoms with van der Waals surface area (Å²) in [7, 11) is 0. The van der Waals surface area contributed by atoms with Gasteiger partial charge in [-0.15, -0.1) is 0 Å². The Morgan fingerprint density at radius 3 is 2.56 bits per heavy atom. The molecule has 1 aliphatic heterocycles. The van der Waals surface area contributed by atoms with Crippen molar-refractivity contribution in [1.82, 2.24) is 4.90 Å². The molecule has 0 bridgehead atoms. The molecule has 0 aliphatic carbocycles. The maximum absolute atomic E-state index is 12.7. The number of carbonyl (C=O) groups excluding carboxylic acids is 1. The van der Waals surface area contributed by atoms with E-state index in [1.807, 2.05) is 39.0 Å². The Labute approximate surface area is 150 Å². The van der Waals surface area contributed by atoms with Crippen LogP contribution in [0.4, 0.5) is 5.69 Å². The molecular weight excluding hydrogens is 308 g/mol. The molecule has 0 saturated heterocycles. The first-order chi connectivity index (χ1) is 12.0. The third kappa shape index (κ3) is 4.18. The van der Waals surface area contributed by atoms with Gasteiger partial charge < -0.3 is 5.32 Å². The second-order valence-electron chi connectivity index (χ2n) is 6.82. The summed E-state index contributed by atoms with van der Waals surface area (Å²) < 4.78 is 0. The molecule has 3 nitrogen and oxygen atoms in total.